The van der Waals surface area contributed by atoms with E-state index in [1.54, 1.807) is 0 Å². The summed E-state index contributed by atoms with van der Waals surface area (Å²) >= 11 is 0. The molecule has 1 atom stereocenters. The maximum Gasteiger partial charge on any atom is 0.258 e. The number of benzene rings is 2. The first-order chi connectivity index (χ1) is 10.7. The Hall–Kier alpha value is -2.49. The summed E-state index contributed by atoms with van der Waals surface area (Å²) in [6, 6.07) is 15.9. The molecule has 2 heterocycles. The minimum atomic E-state index is -0.449. The molecule has 4 rings (SSSR count). The maximum absolute atomic E-state index is 10.9. The largest absolute Gasteiger partial charge is 0.493 e. The number of primary amides is 1. The number of ether oxygens (including phenoxy) is 2. The normalized spacial score (nSPS) is 17.9. The minimum Gasteiger partial charge on any atom is -0.493 e. The van der Waals surface area contributed by atoms with Crippen molar-refractivity contribution < 1.29 is 14.3 Å². The monoisotopic (exact) mass is 297 g/mol. The van der Waals surface area contributed by atoms with Crippen LogP contribution in [0.3, 0.4) is 0 Å². The Morgan fingerprint density at radius 2 is 1.59 bits per heavy atom. The van der Waals surface area contributed by atoms with Gasteiger partial charge in [0.2, 0.25) is 0 Å². The molecule has 1 amide bonds. The van der Waals surface area contributed by atoms with Gasteiger partial charge in [-0.05, 0) is 36.1 Å². The van der Waals surface area contributed by atoms with E-state index in [9.17, 15) is 4.79 Å². The molecule has 0 saturated heterocycles. The van der Waals surface area contributed by atoms with E-state index in [0.29, 0.717) is 6.42 Å². The Balaban J connectivity index is 0.000000139. The van der Waals surface area contributed by atoms with Gasteiger partial charge >= 0.3 is 0 Å². The van der Waals surface area contributed by atoms with Gasteiger partial charge in [0.1, 0.15) is 11.5 Å². The average Bonchev–Trinajstić information content (AvgIpc) is 3.03. The van der Waals surface area contributed by atoms with Crippen LogP contribution in [0.2, 0.25) is 0 Å². The summed E-state index contributed by atoms with van der Waals surface area (Å²) in [6.45, 7) is 0.860. The predicted molar refractivity (Wildman–Crippen MR) is 84.0 cm³/mol. The van der Waals surface area contributed by atoms with Gasteiger partial charge in [0.15, 0.2) is 6.10 Å². The van der Waals surface area contributed by atoms with Crippen LogP contribution in [-0.2, 0) is 17.6 Å². The van der Waals surface area contributed by atoms with Crippen LogP contribution in [0, 0.1) is 0 Å². The van der Waals surface area contributed by atoms with Crippen LogP contribution in [0.4, 0.5) is 0 Å². The maximum atomic E-state index is 10.9. The quantitative estimate of drug-likeness (QED) is 0.879. The van der Waals surface area contributed by atoms with E-state index in [4.69, 9.17) is 15.2 Å². The predicted octanol–water partition coefficient (Wildman–Crippen LogP) is 2.49. The topological polar surface area (TPSA) is 61.6 Å². The van der Waals surface area contributed by atoms with Crippen molar-refractivity contribution in [2.45, 2.75) is 25.4 Å². The van der Waals surface area contributed by atoms with E-state index >= 15 is 0 Å². The number of carbonyl (C=O) groups excluding carboxylic acids is 1. The molecule has 2 aliphatic heterocycles. The number of para-hydroxylation sites is 2. The van der Waals surface area contributed by atoms with Crippen LogP contribution in [0.15, 0.2) is 48.5 Å². The average molecular weight is 297 g/mol. The molecule has 2 aromatic carbocycles. The van der Waals surface area contributed by atoms with Gasteiger partial charge in [-0.1, -0.05) is 36.4 Å². The summed E-state index contributed by atoms with van der Waals surface area (Å²) in [5.41, 5.74) is 7.66. The number of hydrogen-bond acceptors (Lipinski definition) is 3. The number of rotatable bonds is 1. The fourth-order valence-corrected chi connectivity index (χ4v) is 2.65. The zero-order valence-electron chi connectivity index (χ0n) is 12.3. The third-order valence-electron chi connectivity index (χ3n) is 3.84. The smallest absolute Gasteiger partial charge is 0.258 e. The summed E-state index contributed by atoms with van der Waals surface area (Å²) in [6.07, 6.45) is 2.18. The van der Waals surface area contributed by atoms with Crippen molar-refractivity contribution in [2.24, 2.45) is 5.73 Å². The van der Waals surface area contributed by atoms with Crippen molar-refractivity contribution in [3.05, 3.63) is 59.7 Å². The Bertz CT molecular complexity index is 646. The van der Waals surface area contributed by atoms with E-state index in [2.05, 4.69) is 6.07 Å². The van der Waals surface area contributed by atoms with Crippen molar-refractivity contribution in [3.63, 3.8) is 0 Å². The van der Waals surface area contributed by atoms with Crippen LogP contribution in [-0.4, -0.2) is 18.6 Å². The lowest BCUT2D eigenvalue weighted by atomic mass is 10.0. The highest BCUT2D eigenvalue weighted by molar-refractivity contribution is 5.79. The fourth-order valence-electron chi connectivity index (χ4n) is 2.65. The zero-order chi connectivity index (χ0) is 15.4. The Morgan fingerprint density at radius 3 is 2.27 bits per heavy atom. The van der Waals surface area contributed by atoms with Gasteiger partial charge in [0, 0.05) is 6.42 Å². The van der Waals surface area contributed by atoms with Crippen LogP contribution in [0.25, 0.3) is 0 Å². The lowest BCUT2D eigenvalue weighted by Crippen LogP contribution is -2.36. The Kier molecular flexibility index (Phi) is 4.28. The number of nitrogens with two attached hydrogens (primary N) is 1. The number of amides is 1. The third-order valence-corrected chi connectivity index (χ3v) is 3.84. The number of carbonyl (C=O) groups is 1. The van der Waals surface area contributed by atoms with Gasteiger partial charge in [-0.25, -0.2) is 0 Å². The molecule has 0 saturated carbocycles. The van der Waals surface area contributed by atoms with Crippen LogP contribution < -0.4 is 15.2 Å². The highest BCUT2D eigenvalue weighted by atomic mass is 16.5. The minimum absolute atomic E-state index is 0.380. The third kappa shape index (κ3) is 3.22. The summed E-state index contributed by atoms with van der Waals surface area (Å²) in [5, 5.41) is 0. The summed E-state index contributed by atoms with van der Waals surface area (Å²) in [4.78, 5) is 10.9. The second-order valence-electron chi connectivity index (χ2n) is 5.36. The molecule has 0 aliphatic carbocycles. The van der Waals surface area contributed by atoms with E-state index in [1.807, 2.05) is 42.5 Å². The van der Waals surface area contributed by atoms with Gasteiger partial charge in [0.25, 0.3) is 5.91 Å². The van der Waals surface area contributed by atoms with Crippen molar-refractivity contribution in [3.8, 4) is 11.5 Å². The van der Waals surface area contributed by atoms with Crippen molar-refractivity contribution in [2.75, 3.05) is 6.61 Å². The van der Waals surface area contributed by atoms with E-state index in [-0.39, 0.29) is 5.91 Å². The highest BCUT2D eigenvalue weighted by Crippen LogP contribution is 2.26. The SMILES string of the molecule is NC(=O)C1CCc2ccccc2O1.c1ccc2c(c1)CCO2. The van der Waals surface area contributed by atoms with Gasteiger partial charge in [-0.15, -0.1) is 0 Å². The summed E-state index contributed by atoms with van der Waals surface area (Å²) < 4.78 is 10.7. The van der Waals surface area contributed by atoms with E-state index < -0.39 is 6.10 Å². The van der Waals surface area contributed by atoms with Crippen LogP contribution >= 0.6 is 0 Å². The molecule has 0 bridgehead atoms. The van der Waals surface area contributed by atoms with Crippen molar-refractivity contribution in [1.82, 2.24) is 0 Å². The molecule has 1 unspecified atom stereocenters. The van der Waals surface area contributed by atoms with Crippen LogP contribution in [0.5, 0.6) is 11.5 Å². The molecule has 0 radical (unpaired) electrons. The molecule has 0 spiro atoms. The number of hydrogen-bond donors (Lipinski definition) is 1. The first-order valence-corrected chi connectivity index (χ1v) is 7.48. The summed E-state index contributed by atoms with van der Waals surface area (Å²) in [5.74, 6) is 1.48. The van der Waals surface area contributed by atoms with Gasteiger partial charge < -0.3 is 15.2 Å². The second-order valence-corrected chi connectivity index (χ2v) is 5.36. The first-order valence-electron chi connectivity index (χ1n) is 7.48. The van der Waals surface area contributed by atoms with E-state index in [1.165, 1.54) is 5.56 Å². The summed E-state index contributed by atoms with van der Waals surface area (Å²) in [7, 11) is 0. The fraction of sp³-hybridized carbons (Fsp3) is 0.278. The molecule has 4 nitrogen and oxygen atoms in total. The molecule has 114 valence electrons. The zero-order valence-corrected chi connectivity index (χ0v) is 12.3. The molecular weight excluding hydrogens is 278 g/mol. The standard InChI is InChI=1S/C10H11NO2.C8H8O/c11-10(12)9-6-5-7-3-1-2-4-8(7)13-9;1-2-4-8-7(3-1)5-6-9-8/h1-4,9H,5-6H2,(H2,11,12);1-4H,5-6H2. The number of aryl methyl sites for hydroxylation is 1. The Morgan fingerprint density at radius 1 is 0.955 bits per heavy atom. The highest BCUT2D eigenvalue weighted by Gasteiger charge is 2.23. The lowest BCUT2D eigenvalue weighted by molar-refractivity contribution is -0.125. The molecule has 2 N–H and O–H groups in total. The number of fused-ring (bicyclic) bond motifs is 2. The van der Waals surface area contributed by atoms with Gasteiger partial charge in [0.05, 0.1) is 6.61 Å². The molecule has 2 aromatic rings. The molecule has 22 heavy (non-hydrogen) atoms. The molecule has 4 heteroatoms. The van der Waals surface area contributed by atoms with Crippen molar-refractivity contribution in [1.29, 1.82) is 0 Å². The van der Waals surface area contributed by atoms with Gasteiger partial charge in [-0.2, -0.15) is 0 Å². The molecule has 0 aromatic heterocycles. The van der Waals surface area contributed by atoms with Crippen molar-refractivity contribution >= 4 is 5.91 Å². The lowest BCUT2D eigenvalue weighted by Gasteiger charge is -2.23. The second kappa shape index (κ2) is 6.52. The van der Waals surface area contributed by atoms with Crippen LogP contribution in [0.1, 0.15) is 17.5 Å². The van der Waals surface area contributed by atoms with Gasteiger partial charge in [-0.3, -0.25) is 4.79 Å². The molecule has 2 aliphatic rings. The molecule has 0 fully saturated rings. The first kappa shape index (κ1) is 14.4. The Labute approximate surface area is 129 Å². The molecular formula is C18H19NO3. The van der Waals surface area contributed by atoms with E-state index in [0.717, 1.165) is 36.5 Å².